The predicted molar refractivity (Wildman–Crippen MR) is 97.3 cm³/mol. The largest absolute Gasteiger partial charge is 0.437 e. The number of nitrogens with zero attached hydrogens (tertiary/aromatic N) is 2. The number of carbonyl (C=O) groups is 1. The Balaban J connectivity index is 0.00000144. The Kier molecular flexibility index (Phi) is 8.46. The first-order valence-electron chi connectivity index (χ1n) is 7.38. The number of hydrogen-bond acceptors (Lipinski definition) is 5. The number of hydrogen-bond donors (Lipinski definition) is 2. The molecule has 1 aromatic carbocycles. The van der Waals surface area contributed by atoms with Gasteiger partial charge in [0.1, 0.15) is 5.75 Å². The Bertz CT molecular complexity index is 637. The van der Waals surface area contributed by atoms with Crippen LogP contribution in [-0.2, 0) is 4.79 Å². The first-order chi connectivity index (χ1) is 10.8. The zero-order valence-electron chi connectivity index (χ0n) is 13.0. The minimum Gasteiger partial charge on any atom is -0.437 e. The van der Waals surface area contributed by atoms with Crippen LogP contribution in [0.2, 0.25) is 0 Å². The van der Waals surface area contributed by atoms with Crippen LogP contribution in [0.15, 0.2) is 42.6 Å². The molecule has 1 saturated heterocycles. The highest BCUT2D eigenvalue weighted by atomic mass is 35.5. The fourth-order valence-electron chi connectivity index (χ4n) is 2.43. The Labute approximate surface area is 153 Å². The monoisotopic (exact) mass is 370 g/mol. The van der Waals surface area contributed by atoms with Gasteiger partial charge in [0.2, 0.25) is 11.8 Å². The van der Waals surface area contributed by atoms with Crippen molar-refractivity contribution in [3.63, 3.8) is 0 Å². The number of nitrogens with one attached hydrogen (secondary N) is 2. The second-order valence-electron chi connectivity index (χ2n) is 5.21. The zero-order valence-corrected chi connectivity index (χ0v) is 14.6. The van der Waals surface area contributed by atoms with Crippen LogP contribution in [0.5, 0.6) is 11.6 Å². The van der Waals surface area contributed by atoms with Gasteiger partial charge in [-0.15, -0.1) is 29.9 Å². The summed E-state index contributed by atoms with van der Waals surface area (Å²) < 4.78 is 5.61. The normalized spacial score (nSPS) is 14.0. The first kappa shape index (κ1) is 20.2. The number of rotatable bonds is 4. The lowest BCUT2D eigenvalue weighted by Crippen LogP contribution is -2.34. The minimum absolute atomic E-state index is 0. The third-order valence-corrected chi connectivity index (χ3v) is 3.58. The molecule has 3 rings (SSSR count). The highest BCUT2D eigenvalue weighted by molar-refractivity contribution is 5.92. The molecule has 8 heteroatoms. The van der Waals surface area contributed by atoms with E-state index in [4.69, 9.17) is 4.74 Å². The van der Waals surface area contributed by atoms with Crippen LogP contribution in [0.1, 0.15) is 12.8 Å². The Morgan fingerprint density at radius 1 is 1.17 bits per heavy atom. The topological polar surface area (TPSA) is 76.1 Å². The molecule has 1 fully saturated rings. The minimum atomic E-state index is 0. The van der Waals surface area contributed by atoms with Gasteiger partial charge in [-0.05, 0) is 44.1 Å². The van der Waals surface area contributed by atoms with Crippen molar-refractivity contribution in [3.05, 3.63) is 42.6 Å². The van der Waals surface area contributed by atoms with Gasteiger partial charge in [-0.3, -0.25) is 4.79 Å². The summed E-state index contributed by atoms with van der Waals surface area (Å²) in [5.74, 6) is 1.18. The van der Waals surface area contributed by atoms with E-state index in [0.29, 0.717) is 11.6 Å². The lowest BCUT2D eigenvalue weighted by atomic mass is 9.97. The molecule has 24 heavy (non-hydrogen) atoms. The predicted octanol–water partition coefficient (Wildman–Crippen LogP) is 3.05. The quantitative estimate of drug-likeness (QED) is 0.864. The summed E-state index contributed by atoms with van der Waals surface area (Å²) >= 11 is 0. The smallest absolute Gasteiger partial charge is 0.238 e. The summed E-state index contributed by atoms with van der Waals surface area (Å²) in [7, 11) is 0. The second-order valence-corrected chi connectivity index (χ2v) is 5.21. The van der Waals surface area contributed by atoms with Gasteiger partial charge in [0.15, 0.2) is 0 Å². The van der Waals surface area contributed by atoms with E-state index in [-0.39, 0.29) is 36.6 Å². The molecule has 1 aliphatic heterocycles. The lowest BCUT2D eigenvalue weighted by Gasteiger charge is -2.21. The fourth-order valence-corrected chi connectivity index (χ4v) is 2.43. The van der Waals surface area contributed by atoms with Crippen molar-refractivity contribution in [2.75, 3.05) is 18.4 Å². The molecule has 130 valence electrons. The molecule has 2 aromatic rings. The molecular weight excluding hydrogens is 351 g/mol. The number of ether oxygens (including phenoxy) is 1. The van der Waals surface area contributed by atoms with Gasteiger partial charge in [0.05, 0.1) is 0 Å². The fraction of sp³-hybridized carbons (Fsp3) is 0.312. The van der Waals surface area contributed by atoms with Crippen LogP contribution in [0, 0.1) is 5.92 Å². The van der Waals surface area contributed by atoms with Crippen LogP contribution in [-0.4, -0.2) is 29.2 Å². The summed E-state index contributed by atoms with van der Waals surface area (Å²) in [5, 5.41) is 13.8. The van der Waals surface area contributed by atoms with Gasteiger partial charge < -0.3 is 15.4 Å². The van der Waals surface area contributed by atoms with Crippen molar-refractivity contribution < 1.29 is 9.53 Å². The number of halogens is 2. The average molecular weight is 371 g/mol. The number of aromatic nitrogens is 2. The van der Waals surface area contributed by atoms with Crippen molar-refractivity contribution in [1.29, 1.82) is 0 Å². The molecule has 1 amide bonds. The van der Waals surface area contributed by atoms with E-state index in [0.717, 1.165) is 31.6 Å². The van der Waals surface area contributed by atoms with Crippen molar-refractivity contribution in [2.45, 2.75) is 12.8 Å². The SMILES string of the molecule is Cl.Cl.O=C(Nc1cccc(Oc2cccnn2)c1)C1CCNCC1. The number of piperidine rings is 1. The number of benzene rings is 1. The summed E-state index contributed by atoms with van der Waals surface area (Å²) in [5.41, 5.74) is 0.727. The van der Waals surface area contributed by atoms with Crippen LogP contribution < -0.4 is 15.4 Å². The van der Waals surface area contributed by atoms with E-state index < -0.39 is 0 Å². The van der Waals surface area contributed by atoms with Gasteiger partial charge in [-0.25, -0.2) is 0 Å². The van der Waals surface area contributed by atoms with Crippen molar-refractivity contribution >= 4 is 36.4 Å². The van der Waals surface area contributed by atoms with E-state index in [1.165, 1.54) is 0 Å². The van der Waals surface area contributed by atoms with Gasteiger partial charge in [-0.1, -0.05) is 6.07 Å². The molecule has 0 bridgehead atoms. The maximum absolute atomic E-state index is 12.2. The third kappa shape index (κ3) is 5.63. The zero-order chi connectivity index (χ0) is 15.2. The van der Waals surface area contributed by atoms with Crippen LogP contribution >= 0.6 is 24.8 Å². The van der Waals surface area contributed by atoms with Gasteiger partial charge in [0.25, 0.3) is 0 Å². The summed E-state index contributed by atoms with van der Waals surface area (Å²) in [4.78, 5) is 12.2. The second kappa shape index (κ2) is 10.1. The Hall–Kier alpha value is -1.89. The summed E-state index contributed by atoms with van der Waals surface area (Å²) in [6.45, 7) is 1.79. The van der Waals surface area contributed by atoms with Crippen LogP contribution in [0.25, 0.3) is 0 Å². The number of anilines is 1. The maximum atomic E-state index is 12.2. The number of amides is 1. The van der Waals surface area contributed by atoms with Gasteiger partial charge in [0, 0.05) is 29.9 Å². The molecule has 0 aliphatic carbocycles. The van der Waals surface area contributed by atoms with Crippen molar-refractivity contribution in [1.82, 2.24) is 15.5 Å². The van der Waals surface area contributed by atoms with Crippen molar-refractivity contribution in [3.8, 4) is 11.6 Å². The highest BCUT2D eigenvalue weighted by Gasteiger charge is 2.20. The summed E-state index contributed by atoms with van der Waals surface area (Å²) in [6, 6.07) is 10.8. The lowest BCUT2D eigenvalue weighted by molar-refractivity contribution is -0.120. The van der Waals surface area contributed by atoms with E-state index >= 15 is 0 Å². The molecule has 0 radical (unpaired) electrons. The van der Waals surface area contributed by atoms with E-state index in [1.807, 2.05) is 18.2 Å². The molecule has 2 heterocycles. The van der Waals surface area contributed by atoms with E-state index in [9.17, 15) is 4.79 Å². The van der Waals surface area contributed by atoms with Crippen LogP contribution in [0.3, 0.4) is 0 Å². The molecule has 1 aliphatic rings. The molecule has 0 unspecified atom stereocenters. The number of carbonyl (C=O) groups excluding carboxylic acids is 1. The molecule has 6 nitrogen and oxygen atoms in total. The molecule has 2 N–H and O–H groups in total. The first-order valence-corrected chi connectivity index (χ1v) is 7.38. The van der Waals surface area contributed by atoms with Crippen LogP contribution in [0.4, 0.5) is 5.69 Å². The molecule has 0 saturated carbocycles. The van der Waals surface area contributed by atoms with Crippen molar-refractivity contribution in [2.24, 2.45) is 5.92 Å². The Morgan fingerprint density at radius 2 is 1.96 bits per heavy atom. The third-order valence-electron chi connectivity index (χ3n) is 3.58. The standard InChI is InChI=1S/C16H18N4O2.2ClH/c21-16(12-6-9-17-10-7-12)19-13-3-1-4-14(11-13)22-15-5-2-8-18-20-15;;/h1-5,8,11-12,17H,6-7,9-10H2,(H,19,21);2*1H. The molecule has 1 aromatic heterocycles. The summed E-state index contributed by atoms with van der Waals surface area (Å²) in [6.07, 6.45) is 3.34. The van der Waals surface area contributed by atoms with Gasteiger partial charge in [-0.2, -0.15) is 5.10 Å². The highest BCUT2D eigenvalue weighted by Crippen LogP contribution is 2.23. The maximum Gasteiger partial charge on any atom is 0.238 e. The molecule has 0 atom stereocenters. The van der Waals surface area contributed by atoms with E-state index in [1.54, 1.807) is 24.4 Å². The Morgan fingerprint density at radius 3 is 2.67 bits per heavy atom. The van der Waals surface area contributed by atoms with E-state index in [2.05, 4.69) is 20.8 Å². The average Bonchev–Trinajstić information content (AvgIpc) is 2.57. The molecular formula is C16H20Cl2N4O2. The molecule has 0 spiro atoms. The van der Waals surface area contributed by atoms with Gasteiger partial charge >= 0.3 is 0 Å².